The van der Waals surface area contributed by atoms with Gasteiger partial charge in [-0.25, -0.2) is 0 Å². The molecule has 1 atom stereocenters. The van der Waals surface area contributed by atoms with Gasteiger partial charge >= 0.3 is 0 Å². The smallest absolute Gasteiger partial charge is 0.295 e. The summed E-state index contributed by atoms with van der Waals surface area (Å²) in [6.07, 6.45) is 0. The summed E-state index contributed by atoms with van der Waals surface area (Å²) in [6.45, 7) is 6.76. The third kappa shape index (κ3) is 5.77. The van der Waals surface area contributed by atoms with Crippen molar-refractivity contribution in [2.24, 2.45) is 5.92 Å². The molecule has 4 rings (SSSR count). The molecule has 7 heteroatoms. The van der Waals surface area contributed by atoms with E-state index in [1.807, 2.05) is 74.4 Å². The van der Waals surface area contributed by atoms with E-state index in [2.05, 4.69) is 13.8 Å². The molecule has 1 fully saturated rings. The molecule has 1 aliphatic rings. The molecular formula is C32H36N2O5. The maximum Gasteiger partial charge on any atom is 0.295 e. The van der Waals surface area contributed by atoms with Gasteiger partial charge in [0, 0.05) is 30.9 Å². The monoisotopic (exact) mass is 528 g/mol. The number of para-hydroxylation sites is 1. The van der Waals surface area contributed by atoms with E-state index in [0.717, 1.165) is 22.4 Å². The molecule has 0 radical (unpaired) electrons. The summed E-state index contributed by atoms with van der Waals surface area (Å²) in [4.78, 5) is 30.4. The van der Waals surface area contributed by atoms with Gasteiger partial charge in [0.2, 0.25) is 0 Å². The Morgan fingerprint density at radius 1 is 1.00 bits per heavy atom. The van der Waals surface area contributed by atoms with Crippen LogP contribution < -0.4 is 14.4 Å². The molecule has 0 aromatic heterocycles. The lowest BCUT2D eigenvalue weighted by atomic mass is 9.94. The number of aliphatic hydroxyl groups is 1. The van der Waals surface area contributed by atoms with E-state index >= 15 is 0 Å². The molecule has 39 heavy (non-hydrogen) atoms. The average molecular weight is 529 g/mol. The number of anilines is 1. The number of carbonyl (C=O) groups is 2. The van der Waals surface area contributed by atoms with Crippen LogP contribution >= 0.6 is 0 Å². The fraction of sp³-hybridized carbons (Fsp3) is 0.312. The number of nitrogens with zero attached hydrogens (tertiary/aromatic N) is 2. The molecule has 1 N–H and O–H groups in total. The summed E-state index contributed by atoms with van der Waals surface area (Å²) < 4.78 is 11.4. The Morgan fingerprint density at radius 2 is 1.69 bits per heavy atom. The lowest BCUT2D eigenvalue weighted by Crippen LogP contribution is -2.29. The van der Waals surface area contributed by atoms with Crippen LogP contribution in [-0.4, -0.2) is 49.5 Å². The van der Waals surface area contributed by atoms with Gasteiger partial charge in [-0.1, -0.05) is 44.2 Å². The number of hydrogen-bond acceptors (Lipinski definition) is 6. The van der Waals surface area contributed by atoms with E-state index in [1.54, 1.807) is 25.3 Å². The van der Waals surface area contributed by atoms with Crippen molar-refractivity contribution < 1.29 is 24.2 Å². The minimum Gasteiger partial charge on any atom is -0.507 e. The summed E-state index contributed by atoms with van der Waals surface area (Å²) in [6, 6.07) is 19.6. The highest BCUT2D eigenvalue weighted by Gasteiger charge is 2.46. The van der Waals surface area contributed by atoms with Crippen LogP contribution in [0.1, 0.15) is 42.1 Å². The molecule has 1 aliphatic heterocycles. The van der Waals surface area contributed by atoms with Crippen LogP contribution in [0.5, 0.6) is 11.5 Å². The third-order valence-electron chi connectivity index (χ3n) is 6.82. The predicted octanol–water partition coefficient (Wildman–Crippen LogP) is 5.73. The van der Waals surface area contributed by atoms with E-state index in [0.29, 0.717) is 29.6 Å². The molecular weight excluding hydrogens is 492 g/mol. The zero-order chi connectivity index (χ0) is 28.3. The Kier molecular flexibility index (Phi) is 8.29. The predicted molar refractivity (Wildman–Crippen MR) is 153 cm³/mol. The molecule has 1 unspecified atom stereocenters. The number of ether oxygens (including phenoxy) is 2. The number of ketones is 1. The van der Waals surface area contributed by atoms with Crippen LogP contribution in [0, 0.1) is 12.8 Å². The highest BCUT2D eigenvalue weighted by Crippen LogP contribution is 2.41. The fourth-order valence-corrected chi connectivity index (χ4v) is 4.73. The standard InChI is InChI=1S/C32H36N2O5/c1-20(2)19-39-26-16-13-23(17-21(26)3)30(35)28-29(22-11-14-25(15-12-22)33(4)5)34(32(37)31(28)36)18-24-9-7-8-10-27(24)38-6/h7-17,20,29,35H,18-19H2,1-6H3/b30-28-. The van der Waals surface area contributed by atoms with Crippen molar-refractivity contribution in [3.8, 4) is 11.5 Å². The highest BCUT2D eigenvalue weighted by atomic mass is 16.5. The van der Waals surface area contributed by atoms with Gasteiger partial charge in [0.05, 0.1) is 31.9 Å². The summed E-state index contributed by atoms with van der Waals surface area (Å²) in [5.41, 5.74) is 3.81. The molecule has 1 amide bonds. The maximum absolute atomic E-state index is 13.5. The first-order chi connectivity index (χ1) is 18.6. The molecule has 3 aromatic rings. The van der Waals surface area contributed by atoms with E-state index in [-0.39, 0.29) is 17.9 Å². The average Bonchev–Trinajstić information content (AvgIpc) is 3.17. The minimum atomic E-state index is -0.775. The molecule has 0 saturated carbocycles. The molecule has 0 aliphatic carbocycles. The number of likely N-dealkylation sites (tertiary alicyclic amines) is 1. The van der Waals surface area contributed by atoms with Crippen LogP contribution in [0.15, 0.2) is 72.3 Å². The number of aliphatic hydroxyl groups excluding tert-OH is 1. The first-order valence-electron chi connectivity index (χ1n) is 13.0. The van der Waals surface area contributed by atoms with Gasteiger partial charge in [-0.3, -0.25) is 9.59 Å². The number of Topliss-reactive ketones (excluding diaryl/α,β-unsaturated/α-hetero) is 1. The van der Waals surface area contributed by atoms with Gasteiger partial charge in [0.1, 0.15) is 17.3 Å². The Bertz CT molecular complexity index is 1390. The van der Waals surface area contributed by atoms with Crippen LogP contribution in [0.2, 0.25) is 0 Å². The molecule has 3 aromatic carbocycles. The van der Waals surface area contributed by atoms with Gasteiger partial charge in [-0.05, 0) is 60.4 Å². The molecule has 0 spiro atoms. The van der Waals surface area contributed by atoms with Gasteiger partial charge in [0.25, 0.3) is 11.7 Å². The number of hydrogen-bond donors (Lipinski definition) is 1. The van der Waals surface area contributed by atoms with Crippen LogP contribution in [0.4, 0.5) is 5.69 Å². The van der Waals surface area contributed by atoms with E-state index in [9.17, 15) is 14.7 Å². The van der Waals surface area contributed by atoms with Crippen molar-refractivity contribution in [2.45, 2.75) is 33.4 Å². The SMILES string of the molecule is COc1ccccc1CN1C(=O)C(=O)/C(=C(\O)c2ccc(OCC(C)C)c(C)c2)C1c1ccc(N(C)C)cc1. The van der Waals surface area contributed by atoms with Gasteiger partial charge < -0.3 is 24.4 Å². The minimum absolute atomic E-state index is 0.0581. The van der Waals surface area contributed by atoms with Crippen molar-refractivity contribution in [1.29, 1.82) is 0 Å². The van der Waals surface area contributed by atoms with Gasteiger partial charge in [-0.2, -0.15) is 0 Å². The largest absolute Gasteiger partial charge is 0.507 e. The first kappa shape index (κ1) is 27.8. The second-order valence-corrected chi connectivity index (χ2v) is 10.4. The number of methoxy groups -OCH3 is 1. The van der Waals surface area contributed by atoms with Gasteiger partial charge in [-0.15, -0.1) is 0 Å². The van der Waals surface area contributed by atoms with Crippen LogP contribution in [0.3, 0.4) is 0 Å². The van der Waals surface area contributed by atoms with E-state index in [1.165, 1.54) is 4.90 Å². The van der Waals surface area contributed by atoms with Crippen molar-refractivity contribution in [2.75, 3.05) is 32.7 Å². The topological polar surface area (TPSA) is 79.3 Å². The zero-order valence-corrected chi connectivity index (χ0v) is 23.4. The fourth-order valence-electron chi connectivity index (χ4n) is 4.73. The molecule has 1 saturated heterocycles. The molecule has 204 valence electrons. The summed E-state index contributed by atoms with van der Waals surface area (Å²) in [5.74, 6) is 0.104. The quantitative estimate of drug-likeness (QED) is 0.217. The van der Waals surface area contributed by atoms with Crippen LogP contribution in [-0.2, 0) is 16.1 Å². The van der Waals surface area contributed by atoms with E-state index < -0.39 is 17.7 Å². The number of amides is 1. The lowest BCUT2D eigenvalue weighted by molar-refractivity contribution is -0.140. The third-order valence-corrected chi connectivity index (χ3v) is 6.82. The lowest BCUT2D eigenvalue weighted by Gasteiger charge is -2.26. The maximum atomic E-state index is 13.5. The van der Waals surface area contributed by atoms with Crippen molar-refractivity contribution in [3.63, 3.8) is 0 Å². The van der Waals surface area contributed by atoms with Crippen molar-refractivity contribution >= 4 is 23.1 Å². The van der Waals surface area contributed by atoms with E-state index in [4.69, 9.17) is 9.47 Å². The molecule has 7 nitrogen and oxygen atoms in total. The number of rotatable bonds is 9. The Labute approximate surface area is 230 Å². The second-order valence-electron chi connectivity index (χ2n) is 10.4. The number of carbonyl (C=O) groups excluding carboxylic acids is 2. The molecule has 0 bridgehead atoms. The Hall–Kier alpha value is -4.26. The van der Waals surface area contributed by atoms with Crippen molar-refractivity contribution in [3.05, 3.63) is 94.6 Å². The second kappa shape index (κ2) is 11.6. The van der Waals surface area contributed by atoms with Gasteiger partial charge in [0.15, 0.2) is 0 Å². The number of aryl methyl sites for hydroxylation is 1. The Morgan fingerprint density at radius 3 is 2.31 bits per heavy atom. The molecule has 1 heterocycles. The summed E-state index contributed by atoms with van der Waals surface area (Å²) in [5, 5.41) is 11.5. The first-order valence-corrected chi connectivity index (χ1v) is 13.0. The number of benzene rings is 3. The summed E-state index contributed by atoms with van der Waals surface area (Å²) in [7, 11) is 5.46. The highest BCUT2D eigenvalue weighted by molar-refractivity contribution is 6.46. The van der Waals surface area contributed by atoms with Crippen LogP contribution in [0.25, 0.3) is 5.76 Å². The summed E-state index contributed by atoms with van der Waals surface area (Å²) >= 11 is 0. The zero-order valence-electron chi connectivity index (χ0n) is 23.4. The van der Waals surface area contributed by atoms with Crippen molar-refractivity contribution in [1.82, 2.24) is 4.90 Å². The normalized spacial score (nSPS) is 16.6. The Balaban J connectivity index is 1.81.